The van der Waals surface area contributed by atoms with Crippen molar-refractivity contribution in [2.45, 2.75) is 0 Å². The van der Waals surface area contributed by atoms with Gasteiger partial charge in [0, 0.05) is 59.9 Å². The maximum atomic E-state index is 5.71. The minimum Gasteiger partial charge on any atom is -0.399 e. The molecular weight excluding hydrogens is 1730 g/mol. The molecule has 0 aliphatic rings. The van der Waals surface area contributed by atoms with E-state index in [1.54, 1.807) is 37.1 Å². The summed E-state index contributed by atoms with van der Waals surface area (Å²) < 4.78 is 0. The minimum atomic E-state index is 0. The fourth-order valence-corrected chi connectivity index (χ4v) is 11.0. The van der Waals surface area contributed by atoms with E-state index >= 15 is 0 Å². The Hall–Kier alpha value is -13.5. The van der Waals surface area contributed by atoms with Crippen LogP contribution in [0.2, 0.25) is 0 Å². The monoisotopic (exact) mass is 1810 g/mol. The molecule has 11 aromatic carbocycles. The molecule has 17 rings (SSSR count). The van der Waals surface area contributed by atoms with Crippen LogP contribution in [0, 0.1) is 36.4 Å². The van der Waals surface area contributed by atoms with E-state index in [-0.39, 0.29) is 40.2 Å². The molecule has 0 saturated carbocycles. The molecule has 2 radical (unpaired) electrons. The van der Waals surface area contributed by atoms with Crippen LogP contribution in [0.4, 0.5) is 22.7 Å². The van der Waals surface area contributed by atoms with Crippen molar-refractivity contribution in [2.75, 3.05) is 10.6 Å². The van der Waals surface area contributed by atoms with Gasteiger partial charge in [0.05, 0.1) is 0 Å². The molecule has 8 nitrogen and oxygen atoms in total. The summed E-state index contributed by atoms with van der Waals surface area (Å²) in [5.41, 5.74) is 30.2. The van der Waals surface area contributed by atoms with Gasteiger partial charge in [-0.05, 0) is 147 Å². The minimum absolute atomic E-state index is 0. The summed E-state index contributed by atoms with van der Waals surface area (Å²) in [4.78, 5) is 27.9. The standard InChI is InChI=1S/C33H25N2.C17H13N2.4C11H8N.C8H7B.2Ir/c1-3-25-11-17-30(18-12-25)35(31-19-13-26(4-2)14-20-31)32-21-15-27(16-22-32)28-8-7-9-29(24-28)33-10-5-6-23-34-33;18-16-9-7-13(8-10-16)14-4-3-5-15(12-14)17-6-1-2-11-19-17;4*1-2-6-10(7-3-1)11-8-4-5-9-12-11;1-2-7-3-5-8(9)6-4-7;;/h3-8,10-24H,1-2H2;1-4,6-12H,18H2;4*1-6,8-9H;2-6H,1H2;;/q6*-1;;2*+3. The van der Waals surface area contributed by atoms with Gasteiger partial charge in [-0.15, -0.1) is 214 Å². The number of rotatable bonds is 14. The molecule has 546 valence electrons. The number of benzene rings is 11. The number of nitrogen functional groups attached to an aromatic ring is 1. The van der Waals surface area contributed by atoms with Gasteiger partial charge in [0.25, 0.3) is 0 Å². The largest absolute Gasteiger partial charge is 3.00 e. The molecule has 2 N–H and O–H groups in total. The number of nitrogens with zero attached hydrogens (tertiary/aromatic N) is 7. The molecule has 11 heteroatoms. The fraction of sp³-hybridized carbons (Fsp3) is 0. The Morgan fingerprint density at radius 3 is 0.761 bits per heavy atom. The van der Waals surface area contributed by atoms with E-state index in [2.05, 4.69) is 182 Å². The van der Waals surface area contributed by atoms with E-state index in [1.165, 1.54) is 0 Å². The molecule has 0 bridgehead atoms. The van der Waals surface area contributed by atoms with Gasteiger partial charge in [0.2, 0.25) is 0 Å². The maximum Gasteiger partial charge on any atom is 3.00 e. The molecule has 113 heavy (non-hydrogen) atoms. The van der Waals surface area contributed by atoms with Crippen molar-refractivity contribution in [3.8, 4) is 89.8 Å². The molecule has 0 aliphatic carbocycles. The van der Waals surface area contributed by atoms with Gasteiger partial charge in [-0.2, -0.15) is 0 Å². The molecule has 6 aromatic heterocycles. The Balaban J connectivity index is 0.000000160. The Bertz CT molecular complexity index is 5020. The second-order valence-corrected chi connectivity index (χ2v) is 24.3. The van der Waals surface area contributed by atoms with Crippen LogP contribution < -0.4 is 16.1 Å². The summed E-state index contributed by atoms with van der Waals surface area (Å²) in [6.07, 6.45) is 16.3. The van der Waals surface area contributed by atoms with Gasteiger partial charge >= 0.3 is 40.2 Å². The van der Waals surface area contributed by atoms with E-state index in [1.807, 2.05) is 291 Å². The van der Waals surface area contributed by atoms with Crippen LogP contribution in [0.1, 0.15) is 16.7 Å². The topological polar surface area (TPSA) is 107 Å². The van der Waals surface area contributed by atoms with Crippen LogP contribution >= 0.6 is 0 Å². The average Bonchev–Trinajstić information content (AvgIpc) is 0.801. The van der Waals surface area contributed by atoms with Crippen molar-refractivity contribution in [1.82, 2.24) is 29.9 Å². The van der Waals surface area contributed by atoms with E-state index < -0.39 is 0 Å². The zero-order valence-corrected chi connectivity index (χ0v) is 66.7. The first-order chi connectivity index (χ1) is 54.8. The normalized spacial score (nSPS) is 9.81. The number of hydrogen-bond donors (Lipinski definition) is 1. The van der Waals surface area contributed by atoms with Crippen LogP contribution in [0.3, 0.4) is 0 Å². The van der Waals surface area contributed by atoms with Crippen LogP contribution in [0.25, 0.3) is 108 Å². The molecule has 6 heterocycles. The quantitative estimate of drug-likeness (QED) is 0.0652. The Morgan fingerprint density at radius 2 is 0.504 bits per heavy atom. The smallest absolute Gasteiger partial charge is 0.399 e. The zero-order chi connectivity index (χ0) is 76.7. The Labute approximate surface area is 693 Å². The summed E-state index contributed by atoms with van der Waals surface area (Å²) in [6.45, 7) is 11.4. The van der Waals surface area contributed by atoms with Crippen LogP contribution in [-0.4, -0.2) is 37.8 Å². The fourth-order valence-electron chi connectivity index (χ4n) is 11.0. The van der Waals surface area contributed by atoms with Gasteiger partial charge in [-0.25, -0.2) is 0 Å². The van der Waals surface area contributed by atoms with Crippen molar-refractivity contribution in [2.24, 2.45) is 0 Å². The number of aromatic nitrogens is 6. The second kappa shape index (κ2) is 46.1. The average molecular weight is 1810 g/mol. The number of anilines is 4. The molecule has 0 saturated heterocycles. The predicted molar refractivity (Wildman–Crippen MR) is 463 cm³/mol. The van der Waals surface area contributed by atoms with E-state index in [0.29, 0.717) is 0 Å². The second-order valence-electron chi connectivity index (χ2n) is 24.3. The summed E-state index contributed by atoms with van der Waals surface area (Å²) in [5.74, 6) is 0. The Kier molecular flexibility index (Phi) is 34.1. The Morgan fingerprint density at radius 1 is 0.257 bits per heavy atom. The molecule has 0 atom stereocenters. The van der Waals surface area contributed by atoms with Gasteiger partial charge in [-0.3, -0.25) is 0 Å². The van der Waals surface area contributed by atoms with Crippen LogP contribution in [-0.2, 0) is 40.2 Å². The van der Waals surface area contributed by atoms with E-state index in [9.17, 15) is 0 Å². The first-order valence-electron chi connectivity index (χ1n) is 35.9. The first kappa shape index (κ1) is 83.5. The van der Waals surface area contributed by atoms with Crippen molar-refractivity contribution in [3.05, 3.63) is 474 Å². The molecule has 17 aromatic rings. The molecule has 0 unspecified atom stereocenters. The van der Waals surface area contributed by atoms with Gasteiger partial charge in [0.1, 0.15) is 7.85 Å². The first-order valence-corrected chi connectivity index (χ1v) is 35.9. The molecule has 0 spiro atoms. The third-order valence-corrected chi connectivity index (χ3v) is 16.7. The third kappa shape index (κ3) is 26.4. The molecule has 0 aliphatic heterocycles. The van der Waals surface area contributed by atoms with Crippen LogP contribution in [0.5, 0.6) is 0 Å². The van der Waals surface area contributed by atoms with Crippen LogP contribution in [0.15, 0.2) is 421 Å². The molecule has 0 amide bonds. The van der Waals surface area contributed by atoms with Gasteiger partial charge < -0.3 is 40.5 Å². The molecular formula is C102H77BIr2N8. The summed E-state index contributed by atoms with van der Waals surface area (Å²) >= 11 is 0. The summed E-state index contributed by atoms with van der Waals surface area (Å²) in [7, 11) is 5.45. The number of hydrogen-bond acceptors (Lipinski definition) is 8. The van der Waals surface area contributed by atoms with Crippen molar-refractivity contribution < 1.29 is 40.2 Å². The van der Waals surface area contributed by atoms with E-state index in [0.717, 1.165) is 135 Å². The van der Waals surface area contributed by atoms with Crippen molar-refractivity contribution >= 4 is 54.3 Å². The summed E-state index contributed by atoms with van der Waals surface area (Å²) in [5, 5.41) is 0. The van der Waals surface area contributed by atoms with Crippen molar-refractivity contribution in [1.29, 1.82) is 0 Å². The zero-order valence-electron chi connectivity index (χ0n) is 61.9. The molecule has 0 fully saturated rings. The maximum absolute atomic E-state index is 5.71. The SMILES string of the molecule is C=Cc1ccc(N(c2ccc(C=C)cc2)c2ccc(-c3cc[c-]c(-c4ccccn4)c3)cc2)cc1.Nc1ccc(-c2cc[c-]c(-c3ccccn3)c2)cc1.[B]c1ccc(C=C)cc1.[Ir+3].[Ir+3].[c-]1ccccc1-c1ccccn1.[c-]1ccccc1-c1ccccn1.[c-]1ccccc1-c1ccccn1.[c-]1ccccc1-c1ccccn1. The van der Waals surface area contributed by atoms with Crippen molar-refractivity contribution in [3.63, 3.8) is 0 Å². The predicted octanol–water partition coefficient (Wildman–Crippen LogP) is 24.1. The van der Waals surface area contributed by atoms with E-state index in [4.69, 9.17) is 13.6 Å². The number of nitrogens with two attached hydrogens (primary N) is 1. The number of pyridine rings is 6. The van der Waals surface area contributed by atoms with Gasteiger partial charge in [-0.1, -0.05) is 189 Å². The van der Waals surface area contributed by atoms with Gasteiger partial charge in [0.15, 0.2) is 0 Å². The third-order valence-electron chi connectivity index (χ3n) is 16.7. The summed E-state index contributed by atoms with van der Waals surface area (Å²) in [6, 6.07) is 139.